The molecule has 0 amide bonds. The van der Waals surface area contributed by atoms with Crippen LogP contribution in [0.25, 0.3) is 0 Å². The number of halogens is 1. The lowest BCUT2D eigenvalue weighted by atomic mass is 10.3. The molecule has 0 aliphatic carbocycles. The monoisotopic (exact) mass is 305 g/mol. The lowest BCUT2D eigenvalue weighted by molar-refractivity contribution is 0.0122. The maximum Gasteiger partial charge on any atom is 0.243 e. The molecule has 1 saturated heterocycles. The molecule has 0 bridgehead atoms. The Balaban J connectivity index is 2.20. The summed E-state index contributed by atoms with van der Waals surface area (Å²) in [5.74, 6) is 0.911. The number of morpholine rings is 1. The van der Waals surface area contributed by atoms with Gasteiger partial charge in [-0.25, -0.2) is 8.42 Å². The van der Waals surface area contributed by atoms with Gasteiger partial charge in [0, 0.05) is 19.0 Å². The number of alkyl halides is 1. The van der Waals surface area contributed by atoms with Gasteiger partial charge in [0.15, 0.2) is 0 Å². The first kappa shape index (κ1) is 14.6. The summed E-state index contributed by atoms with van der Waals surface area (Å²) >= 11 is 5.72. The third-order valence-electron chi connectivity index (χ3n) is 2.97. The van der Waals surface area contributed by atoms with E-state index in [2.05, 4.69) is 0 Å². The highest BCUT2D eigenvalue weighted by Gasteiger charge is 2.30. The third kappa shape index (κ3) is 3.20. The van der Waals surface area contributed by atoms with Gasteiger partial charge in [-0.05, 0) is 24.3 Å². The Morgan fingerprint density at radius 1 is 1.42 bits per heavy atom. The highest BCUT2D eigenvalue weighted by atomic mass is 35.5. The average molecular weight is 306 g/mol. The molecule has 0 N–H and O–H groups in total. The predicted octanol–water partition coefficient (Wildman–Crippen LogP) is 1.32. The molecule has 19 heavy (non-hydrogen) atoms. The second-order valence-electron chi connectivity index (χ2n) is 4.19. The molecule has 1 fully saturated rings. The second kappa shape index (κ2) is 6.09. The maximum atomic E-state index is 12.4. The Morgan fingerprint density at radius 3 is 2.68 bits per heavy atom. The lowest BCUT2D eigenvalue weighted by Gasteiger charge is -2.31. The normalized spacial score (nSPS) is 21.3. The van der Waals surface area contributed by atoms with E-state index in [-0.39, 0.29) is 23.4 Å². The van der Waals surface area contributed by atoms with Crippen LogP contribution in [0.3, 0.4) is 0 Å². The lowest BCUT2D eigenvalue weighted by Crippen LogP contribution is -2.46. The van der Waals surface area contributed by atoms with Gasteiger partial charge < -0.3 is 9.47 Å². The largest absolute Gasteiger partial charge is 0.497 e. The van der Waals surface area contributed by atoms with E-state index in [9.17, 15) is 8.42 Å². The Kier molecular flexibility index (Phi) is 4.67. The number of hydrogen-bond acceptors (Lipinski definition) is 4. The van der Waals surface area contributed by atoms with Gasteiger partial charge in [-0.3, -0.25) is 0 Å². The summed E-state index contributed by atoms with van der Waals surface area (Å²) in [6, 6.07) is 6.34. The van der Waals surface area contributed by atoms with Crippen LogP contribution in [0.1, 0.15) is 0 Å². The van der Waals surface area contributed by atoms with Crippen molar-refractivity contribution in [1.82, 2.24) is 4.31 Å². The van der Waals surface area contributed by atoms with E-state index in [0.717, 1.165) is 0 Å². The van der Waals surface area contributed by atoms with Gasteiger partial charge in [-0.1, -0.05) is 0 Å². The fraction of sp³-hybridized carbons (Fsp3) is 0.500. The Morgan fingerprint density at radius 2 is 2.11 bits per heavy atom. The maximum absolute atomic E-state index is 12.4. The molecule has 7 heteroatoms. The van der Waals surface area contributed by atoms with Crippen LogP contribution in [-0.2, 0) is 14.8 Å². The predicted molar refractivity (Wildman–Crippen MR) is 72.2 cm³/mol. The summed E-state index contributed by atoms with van der Waals surface area (Å²) in [6.07, 6.45) is -0.247. The van der Waals surface area contributed by atoms with Crippen LogP contribution in [0.2, 0.25) is 0 Å². The first-order chi connectivity index (χ1) is 9.07. The van der Waals surface area contributed by atoms with E-state index in [4.69, 9.17) is 21.1 Å². The Bertz CT molecular complexity index is 517. The van der Waals surface area contributed by atoms with Crippen molar-refractivity contribution in [3.63, 3.8) is 0 Å². The van der Waals surface area contributed by atoms with Gasteiger partial charge in [-0.15, -0.1) is 11.6 Å². The molecule has 106 valence electrons. The molecule has 1 aromatic carbocycles. The standard InChI is InChI=1S/C12H16ClNO4S/c1-17-10-2-4-12(5-3-10)19(15,16)14-6-7-18-11(8-13)9-14/h2-5,11H,6-9H2,1H3. The van der Waals surface area contributed by atoms with E-state index in [1.807, 2.05) is 0 Å². The number of ether oxygens (including phenoxy) is 2. The highest BCUT2D eigenvalue weighted by molar-refractivity contribution is 7.89. The molecule has 0 radical (unpaired) electrons. The van der Waals surface area contributed by atoms with Crippen molar-refractivity contribution in [3.05, 3.63) is 24.3 Å². The number of hydrogen-bond donors (Lipinski definition) is 0. The number of sulfonamides is 1. The summed E-state index contributed by atoms with van der Waals surface area (Å²) in [5.41, 5.74) is 0. The minimum absolute atomic E-state index is 0.247. The molecule has 1 aromatic rings. The number of benzene rings is 1. The zero-order valence-corrected chi connectivity index (χ0v) is 12.2. The minimum atomic E-state index is -3.49. The minimum Gasteiger partial charge on any atom is -0.497 e. The molecule has 0 spiro atoms. The Labute approximate surface area is 118 Å². The van der Waals surface area contributed by atoms with Crippen molar-refractivity contribution in [1.29, 1.82) is 0 Å². The molecule has 1 atom stereocenters. The third-order valence-corrected chi connectivity index (χ3v) is 5.19. The highest BCUT2D eigenvalue weighted by Crippen LogP contribution is 2.21. The van der Waals surface area contributed by atoms with Crippen LogP contribution in [0.4, 0.5) is 0 Å². The molecule has 0 aromatic heterocycles. The van der Waals surface area contributed by atoms with Crippen LogP contribution < -0.4 is 4.74 Å². The van der Waals surface area contributed by atoms with Gasteiger partial charge in [0.2, 0.25) is 10.0 Å². The van der Waals surface area contributed by atoms with E-state index in [1.165, 1.54) is 11.4 Å². The van der Waals surface area contributed by atoms with Gasteiger partial charge in [0.25, 0.3) is 0 Å². The number of nitrogens with zero attached hydrogens (tertiary/aromatic N) is 1. The Hall–Kier alpha value is -0.820. The smallest absolute Gasteiger partial charge is 0.243 e. The molecular formula is C12H16ClNO4S. The second-order valence-corrected chi connectivity index (χ2v) is 6.43. The van der Waals surface area contributed by atoms with Crippen molar-refractivity contribution in [3.8, 4) is 5.75 Å². The summed E-state index contributed by atoms with van der Waals surface area (Å²) in [4.78, 5) is 0.253. The summed E-state index contributed by atoms with van der Waals surface area (Å²) in [5, 5.41) is 0. The quantitative estimate of drug-likeness (QED) is 0.787. The fourth-order valence-electron chi connectivity index (χ4n) is 1.90. The van der Waals surface area contributed by atoms with E-state index in [1.54, 1.807) is 24.3 Å². The van der Waals surface area contributed by atoms with E-state index in [0.29, 0.717) is 18.9 Å². The molecule has 5 nitrogen and oxygen atoms in total. The van der Waals surface area contributed by atoms with Crippen LogP contribution in [0.5, 0.6) is 5.75 Å². The molecule has 2 rings (SSSR count). The summed E-state index contributed by atoms with van der Waals surface area (Å²) in [6.45, 7) is 1.01. The van der Waals surface area contributed by atoms with Crippen molar-refractivity contribution in [2.24, 2.45) is 0 Å². The van der Waals surface area contributed by atoms with Gasteiger partial charge in [-0.2, -0.15) is 4.31 Å². The molecule has 0 saturated carbocycles. The summed E-state index contributed by atoms with van der Waals surface area (Å²) < 4.78 is 36.7. The number of methoxy groups -OCH3 is 1. The zero-order chi connectivity index (χ0) is 13.9. The van der Waals surface area contributed by atoms with Gasteiger partial charge in [0.05, 0.1) is 24.7 Å². The number of rotatable bonds is 4. The SMILES string of the molecule is COc1ccc(S(=O)(=O)N2CCOC(CCl)C2)cc1. The topological polar surface area (TPSA) is 55.8 Å². The first-order valence-electron chi connectivity index (χ1n) is 5.89. The molecule has 1 unspecified atom stereocenters. The van der Waals surface area contributed by atoms with Crippen LogP contribution in [0.15, 0.2) is 29.2 Å². The van der Waals surface area contributed by atoms with Crippen LogP contribution >= 0.6 is 11.6 Å². The van der Waals surface area contributed by atoms with E-state index >= 15 is 0 Å². The van der Waals surface area contributed by atoms with E-state index < -0.39 is 10.0 Å². The first-order valence-corrected chi connectivity index (χ1v) is 7.87. The summed E-state index contributed by atoms with van der Waals surface area (Å²) in [7, 11) is -1.95. The molecule has 1 aliphatic heterocycles. The average Bonchev–Trinajstić information content (AvgIpc) is 2.47. The molecule has 1 heterocycles. The van der Waals surface area contributed by atoms with Crippen LogP contribution in [0, 0.1) is 0 Å². The van der Waals surface area contributed by atoms with Gasteiger partial charge in [0.1, 0.15) is 5.75 Å². The van der Waals surface area contributed by atoms with Crippen molar-refractivity contribution >= 4 is 21.6 Å². The molecular weight excluding hydrogens is 290 g/mol. The van der Waals surface area contributed by atoms with Crippen molar-refractivity contribution in [2.75, 3.05) is 32.7 Å². The fourth-order valence-corrected chi connectivity index (χ4v) is 3.54. The van der Waals surface area contributed by atoms with Crippen molar-refractivity contribution in [2.45, 2.75) is 11.0 Å². The molecule has 1 aliphatic rings. The zero-order valence-electron chi connectivity index (χ0n) is 10.6. The van der Waals surface area contributed by atoms with Crippen molar-refractivity contribution < 1.29 is 17.9 Å². The van der Waals surface area contributed by atoms with Crippen LogP contribution in [-0.4, -0.2) is 51.5 Å². The van der Waals surface area contributed by atoms with Gasteiger partial charge >= 0.3 is 0 Å².